The molecule has 0 bridgehead atoms. The first kappa shape index (κ1) is 26.2. The fourth-order valence-corrected chi connectivity index (χ4v) is 4.23. The van der Waals surface area contributed by atoms with E-state index in [-0.39, 0.29) is 24.3 Å². The molecule has 1 atom stereocenters. The maximum Gasteiger partial charge on any atom is 0.317 e. The van der Waals surface area contributed by atoms with Crippen LogP contribution in [0.4, 0.5) is 0 Å². The number of aromatic nitrogens is 1. The van der Waals surface area contributed by atoms with Crippen molar-refractivity contribution < 1.29 is 19.5 Å². The van der Waals surface area contributed by atoms with E-state index in [2.05, 4.69) is 15.6 Å². The first-order valence-corrected chi connectivity index (χ1v) is 11.6. The molecule has 2 heterocycles. The average Bonchev–Trinajstić information content (AvgIpc) is 3.36. The van der Waals surface area contributed by atoms with E-state index in [9.17, 15) is 14.4 Å². The number of rotatable bonds is 10. The number of carbonyl (C=O) groups is 3. The van der Waals surface area contributed by atoms with Crippen molar-refractivity contribution in [2.45, 2.75) is 64.0 Å². The van der Waals surface area contributed by atoms with Crippen LogP contribution in [-0.4, -0.2) is 64.8 Å². The summed E-state index contributed by atoms with van der Waals surface area (Å²) < 4.78 is 0. The highest BCUT2D eigenvalue weighted by atomic mass is 16.4. The second-order valence-electron chi connectivity index (χ2n) is 8.55. The largest absolute Gasteiger partial charge is 0.480 e. The van der Waals surface area contributed by atoms with E-state index in [4.69, 9.17) is 16.2 Å². The molecular formula is C23H36N6O4. The highest BCUT2D eigenvalue weighted by molar-refractivity contribution is 5.94. The zero-order valence-corrected chi connectivity index (χ0v) is 19.1. The van der Waals surface area contributed by atoms with Crippen molar-refractivity contribution in [2.75, 3.05) is 19.6 Å². The number of hydrogen-bond acceptors (Lipinski definition) is 6. The van der Waals surface area contributed by atoms with Gasteiger partial charge in [-0.1, -0.05) is 32.1 Å². The lowest BCUT2D eigenvalue weighted by atomic mass is 9.84. The number of nitrogens with zero attached hydrogens (tertiary/aromatic N) is 2. The van der Waals surface area contributed by atoms with Gasteiger partial charge in [-0.3, -0.25) is 30.1 Å². The Hall–Kier alpha value is -3.01. The highest BCUT2D eigenvalue weighted by Gasteiger charge is 2.29. The fraction of sp³-hybridized carbons (Fsp3) is 0.609. The number of hydrogen-bond donors (Lipinski definition) is 5. The van der Waals surface area contributed by atoms with Gasteiger partial charge >= 0.3 is 5.97 Å². The minimum Gasteiger partial charge on any atom is -0.480 e. The zero-order chi connectivity index (χ0) is 24.1. The van der Waals surface area contributed by atoms with E-state index in [1.54, 1.807) is 12.1 Å². The molecule has 1 aliphatic heterocycles. The molecule has 33 heavy (non-hydrogen) atoms. The Kier molecular flexibility index (Phi) is 11.3. The summed E-state index contributed by atoms with van der Waals surface area (Å²) in [6.45, 7) is 1.92. The second kappa shape index (κ2) is 14.2. The monoisotopic (exact) mass is 460 g/mol. The molecule has 1 saturated heterocycles. The van der Waals surface area contributed by atoms with Crippen LogP contribution in [0.1, 0.15) is 62.6 Å². The Morgan fingerprint density at radius 3 is 2.45 bits per heavy atom. The minimum absolute atomic E-state index is 0.0117. The number of aliphatic carboxylic acids is 1. The third kappa shape index (κ3) is 9.56. The third-order valence-corrected chi connectivity index (χ3v) is 6.01. The molecule has 6 N–H and O–H groups in total. The molecule has 2 fully saturated rings. The minimum atomic E-state index is -0.895. The van der Waals surface area contributed by atoms with Gasteiger partial charge in [0.25, 0.3) is 0 Å². The van der Waals surface area contributed by atoms with Gasteiger partial charge in [0.1, 0.15) is 5.84 Å². The predicted octanol–water partition coefficient (Wildman–Crippen LogP) is 1.23. The van der Waals surface area contributed by atoms with Crippen molar-refractivity contribution in [3.8, 4) is 0 Å². The van der Waals surface area contributed by atoms with Crippen molar-refractivity contribution in [3.63, 3.8) is 0 Å². The van der Waals surface area contributed by atoms with Gasteiger partial charge in [0.2, 0.25) is 12.3 Å². The second-order valence-corrected chi connectivity index (χ2v) is 8.55. The Labute approximate surface area is 194 Å². The molecule has 3 rings (SSSR count). The summed E-state index contributed by atoms with van der Waals surface area (Å²) in [5, 5.41) is 21.4. The van der Waals surface area contributed by atoms with Crippen molar-refractivity contribution in [2.24, 2.45) is 11.7 Å². The molecule has 10 heteroatoms. The van der Waals surface area contributed by atoms with Crippen LogP contribution < -0.4 is 16.4 Å². The third-order valence-electron chi connectivity index (χ3n) is 6.01. The lowest BCUT2D eigenvalue weighted by molar-refractivity contribution is -0.137. The van der Waals surface area contributed by atoms with Crippen LogP contribution in [0.5, 0.6) is 0 Å². The molecule has 0 spiro atoms. The maximum absolute atomic E-state index is 12.5. The Bertz CT molecular complexity index is 774. The van der Waals surface area contributed by atoms with Crippen molar-refractivity contribution in [1.82, 2.24) is 20.5 Å². The van der Waals surface area contributed by atoms with Crippen LogP contribution >= 0.6 is 0 Å². The number of nitrogen functional groups attached to an aromatic ring is 1. The number of carboxylic acid groups (broad SMARTS) is 1. The van der Waals surface area contributed by atoms with Gasteiger partial charge < -0.3 is 21.1 Å². The first-order valence-electron chi connectivity index (χ1n) is 11.6. The van der Waals surface area contributed by atoms with E-state index in [1.165, 1.54) is 38.3 Å². The normalized spacial score (nSPS) is 16.9. The lowest BCUT2D eigenvalue weighted by Gasteiger charge is -2.29. The van der Waals surface area contributed by atoms with Gasteiger partial charge in [0.15, 0.2) is 0 Å². The van der Waals surface area contributed by atoms with Crippen LogP contribution in [0.2, 0.25) is 0 Å². The van der Waals surface area contributed by atoms with Crippen molar-refractivity contribution in [1.29, 1.82) is 5.41 Å². The van der Waals surface area contributed by atoms with Crippen LogP contribution in [0.15, 0.2) is 18.3 Å². The van der Waals surface area contributed by atoms with Crippen molar-refractivity contribution in [3.05, 3.63) is 29.6 Å². The molecule has 2 amide bonds. The van der Waals surface area contributed by atoms with Crippen LogP contribution in [-0.2, 0) is 20.9 Å². The molecule has 2 aliphatic rings. The number of amidine groups is 1. The summed E-state index contributed by atoms with van der Waals surface area (Å²) in [5.41, 5.74) is 6.55. The van der Waals surface area contributed by atoms with Gasteiger partial charge in [0, 0.05) is 24.8 Å². The number of pyridine rings is 1. The maximum atomic E-state index is 12.5. The van der Waals surface area contributed by atoms with Gasteiger partial charge in [-0.05, 0) is 37.3 Å². The summed E-state index contributed by atoms with van der Waals surface area (Å²) in [4.78, 5) is 39.1. The lowest BCUT2D eigenvalue weighted by Crippen LogP contribution is -2.48. The quantitative estimate of drug-likeness (QED) is 0.199. The van der Waals surface area contributed by atoms with Gasteiger partial charge in [-0.25, -0.2) is 0 Å². The molecule has 1 saturated carbocycles. The smallest absolute Gasteiger partial charge is 0.317 e. The van der Waals surface area contributed by atoms with E-state index >= 15 is 0 Å². The molecule has 1 aromatic rings. The summed E-state index contributed by atoms with van der Waals surface area (Å²) in [7, 11) is 0. The molecule has 10 nitrogen and oxygen atoms in total. The van der Waals surface area contributed by atoms with Crippen LogP contribution in [0.3, 0.4) is 0 Å². The van der Waals surface area contributed by atoms with Crippen molar-refractivity contribution >= 4 is 24.1 Å². The van der Waals surface area contributed by atoms with E-state index in [0.717, 1.165) is 38.0 Å². The zero-order valence-electron chi connectivity index (χ0n) is 19.1. The average molecular weight is 461 g/mol. The number of likely N-dealkylation sites (tertiary alicyclic amines) is 1. The Morgan fingerprint density at radius 2 is 1.91 bits per heavy atom. The predicted molar refractivity (Wildman–Crippen MR) is 125 cm³/mol. The molecule has 0 aromatic carbocycles. The number of carboxylic acids is 1. The summed E-state index contributed by atoms with van der Waals surface area (Å²) in [6.07, 6.45) is 11.2. The summed E-state index contributed by atoms with van der Waals surface area (Å²) >= 11 is 0. The number of carbonyl (C=O) groups excluding carboxylic acids is 2. The van der Waals surface area contributed by atoms with Crippen LogP contribution in [0.25, 0.3) is 0 Å². The van der Waals surface area contributed by atoms with E-state index < -0.39 is 5.97 Å². The first-order chi connectivity index (χ1) is 15.9. The molecule has 1 unspecified atom stereocenters. The fourth-order valence-electron chi connectivity index (χ4n) is 4.23. The molecule has 182 valence electrons. The number of amides is 2. The van der Waals surface area contributed by atoms with E-state index in [0.29, 0.717) is 24.4 Å². The Balaban J connectivity index is 0.000000257. The van der Waals surface area contributed by atoms with Gasteiger partial charge in [-0.15, -0.1) is 0 Å². The Morgan fingerprint density at radius 1 is 1.21 bits per heavy atom. The molecular weight excluding hydrogens is 424 g/mol. The van der Waals surface area contributed by atoms with E-state index in [1.807, 2.05) is 4.90 Å². The SMILES string of the molecule is N=C(N)c1ccc(CNC=O)nc1.O=C(O)CNC(CC1CCCCC1)C(=O)N1CCCC1. The summed E-state index contributed by atoms with van der Waals surface area (Å²) in [6, 6.07) is 3.09. The standard InChI is InChI=1S/C15H26N2O3.C8H10N4O/c18-14(19)11-16-13(10-12-6-2-1-3-7-12)15(20)17-8-4-5-9-17;9-8(10)6-1-2-7(12-3-6)4-11-5-13/h12-13,16H,1-11H2,(H,18,19);1-3,5H,4H2,(H3,9,10)(H,11,13). The number of nitrogens with two attached hydrogens (primary N) is 1. The molecule has 1 aromatic heterocycles. The number of nitrogens with one attached hydrogen (secondary N) is 3. The highest BCUT2D eigenvalue weighted by Crippen LogP contribution is 2.28. The van der Waals surface area contributed by atoms with Crippen LogP contribution in [0, 0.1) is 11.3 Å². The summed E-state index contributed by atoms with van der Waals surface area (Å²) in [5.74, 6) is -0.230. The van der Waals surface area contributed by atoms with Gasteiger partial charge in [-0.2, -0.15) is 0 Å². The molecule has 1 aliphatic carbocycles. The van der Waals surface area contributed by atoms with Gasteiger partial charge in [0.05, 0.1) is 24.8 Å². The topological polar surface area (TPSA) is 162 Å². The molecule has 0 radical (unpaired) electrons.